The molecule has 0 bridgehead atoms. The van der Waals surface area contributed by atoms with Crippen LogP contribution in [0.15, 0.2) is 35.4 Å². The molecule has 1 amide bonds. The zero-order valence-corrected chi connectivity index (χ0v) is 16.3. The Balaban J connectivity index is 1.84. The number of carbonyl (C=O) groups excluding carboxylic acids is 1. The Morgan fingerprint density at radius 2 is 1.77 bits per heavy atom. The Morgan fingerprint density at radius 1 is 1.08 bits per heavy atom. The summed E-state index contributed by atoms with van der Waals surface area (Å²) in [6.45, 7) is 5.01. The summed E-state index contributed by atoms with van der Waals surface area (Å²) in [5, 5.41) is 2.87. The minimum atomic E-state index is -3.55. The molecule has 0 radical (unpaired) electrons. The zero-order chi connectivity index (χ0) is 18.9. The molecule has 0 aliphatic carbocycles. The molecule has 0 spiro atoms. The molecule has 2 aromatic rings. The van der Waals surface area contributed by atoms with Gasteiger partial charge in [0.25, 0.3) is 5.91 Å². The molecular weight excluding hydrogens is 350 g/mol. The molecule has 0 atom stereocenters. The average molecular weight is 375 g/mol. The number of rotatable bonds is 4. The van der Waals surface area contributed by atoms with Crippen LogP contribution in [0.4, 0.5) is 5.69 Å². The molecule has 1 N–H and O–H groups in total. The summed E-state index contributed by atoms with van der Waals surface area (Å²) in [4.78, 5) is 12.8. The highest BCUT2D eigenvalue weighted by atomic mass is 32.2. The fourth-order valence-corrected chi connectivity index (χ4v) is 4.88. The summed E-state index contributed by atoms with van der Waals surface area (Å²) in [5.41, 5.74) is 3.13. The fourth-order valence-electron chi connectivity index (χ4n) is 3.30. The second-order valence-corrected chi connectivity index (χ2v) is 8.85. The first-order valence-corrected chi connectivity index (χ1v) is 10.3. The van der Waals surface area contributed by atoms with Crippen LogP contribution in [0.3, 0.4) is 0 Å². The molecule has 1 fully saturated rings. The van der Waals surface area contributed by atoms with Gasteiger partial charge in [0.2, 0.25) is 10.0 Å². The normalized spacial score (nSPS) is 15.8. The fraction of sp³-hybridized carbons (Fsp3) is 0.421. The third-order valence-electron chi connectivity index (χ3n) is 4.80. The molecule has 0 unspecified atom stereocenters. The van der Waals surface area contributed by atoms with E-state index in [0.717, 1.165) is 36.1 Å². The number of piperidine rings is 1. The van der Waals surface area contributed by atoms with Crippen molar-refractivity contribution in [3.63, 3.8) is 0 Å². The molecule has 1 aliphatic rings. The molecule has 1 aliphatic heterocycles. The SMILES string of the molecule is Cc1ccc(NC(=O)c2cc(S(=O)(=O)N3CCCCC3)cn2C)c(C)c1. The van der Waals surface area contributed by atoms with E-state index in [9.17, 15) is 13.2 Å². The third-order valence-corrected chi connectivity index (χ3v) is 6.66. The van der Waals surface area contributed by atoms with Gasteiger partial charge < -0.3 is 9.88 Å². The van der Waals surface area contributed by atoms with Crippen LogP contribution in [0.25, 0.3) is 0 Å². The van der Waals surface area contributed by atoms with E-state index in [2.05, 4.69) is 5.32 Å². The number of amides is 1. The Morgan fingerprint density at radius 3 is 2.42 bits per heavy atom. The molecule has 1 aromatic heterocycles. The lowest BCUT2D eigenvalue weighted by atomic mass is 10.1. The topological polar surface area (TPSA) is 71.4 Å². The second kappa shape index (κ2) is 7.25. The van der Waals surface area contributed by atoms with Gasteiger partial charge in [-0.05, 0) is 44.4 Å². The summed E-state index contributed by atoms with van der Waals surface area (Å²) in [5.74, 6) is -0.320. The molecule has 6 nitrogen and oxygen atoms in total. The summed E-state index contributed by atoms with van der Waals surface area (Å²) >= 11 is 0. The van der Waals surface area contributed by atoms with Gasteiger partial charge in [-0.1, -0.05) is 24.1 Å². The van der Waals surface area contributed by atoms with Crippen molar-refractivity contribution in [3.05, 3.63) is 47.3 Å². The monoisotopic (exact) mass is 375 g/mol. The maximum atomic E-state index is 12.8. The van der Waals surface area contributed by atoms with Crippen LogP contribution in [-0.2, 0) is 17.1 Å². The van der Waals surface area contributed by atoms with Crippen molar-refractivity contribution >= 4 is 21.6 Å². The van der Waals surface area contributed by atoms with Crippen LogP contribution in [0, 0.1) is 13.8 Å². The van der Waals surface area contributed by atoms with Crippen LogP contribution in [0.2, 0.25) is 0 Å². The largest absolute Gasteiger partial charge is 0.345 e. The maximum absolute atomic E-state index is 12.8. The number of sulfonamides is 1. The van der Waals surface area contributed by atoms with Gasteiger partial charge in [-0.3, -0.25) is 4.79 Å². The van der Waals surface area contributed by atoms with Crippen molar-refractivity contribution in [2.75, 3.05) is 18.4 Å². The Kier molecular flexibility index (Phi) is 5.20. The predicted molar refractivity (Wildman–Crippen MR) is 102 cm³/mol. The van der Waals surface area contributed by atoms with Crippen molar-refractivity contribution in [3.8, 4) is 0 Å². The standard InChI is InChI=1S/C19H25N3O3S/c1-14-7-8-17(15(2)11-14)20-19(23)18-12-16(13-21(18)3)26(24,25)22-9-5-4-6-10-22/h7-8,11-13H,4-6,9-10H2,1-3H3,(H,20,23). The molecular formula is C19H25N3O3S. The van der Waals surface area contributed by atoms with E-state index in [1.165, 1.54) is 16.6 Å². The smallest absolute Gasteiger partial charge is 0.272 e. The van der Waals surface area contributed by atoms with Crippen molar-refractivity contribution in [1.82, 2.24) is 8.87 Å². The highest BCUT2D eigenvalue weighted by Gasteiger charge is 2.28. The molecule has 2 heterocycles. The van der Waals surface area contributed by atoms with E-state index in [4.69, 9.17) is 0 Å². The van der Waals surface area contributed by atoms with Crippen LogP contribution >= 0.6 is 0 Å². The molecule has 26 heavy (non-hydrogen) atoms. The minimum Gasteiger partial charge on any atom is -0.345 e. The number of nitrogens with zero attached hydrogens (tertiary/aromatic N) is 2. The molecule has 7 heteroatoms. The third kappa shape index (κ3) is 3.68. The van der Waals surface area contributed by atoms with Crippen LogP contribution < -0.4 is 5.32 Å². The lowest BCUT2D eigenvalue weighted by molar-refractivity contribution is 0.101. The number of hydrogen-bond acceptors (Lipinski definition) is 3. The number of carbonyl (C=O) groups is 1. The summed E-state index contributed by atoms with van der Waals surface area (Å²) in [6.07, 6.45) is 4.34. The van der Waals surface area contributed by atoms with Gasteiger partial charge in [0.15, 0.2) is 0 Å². The highest BCUT2D eigenvalue weighted by molar-refractivity contribution is 7.89. The van der Waals surface area contributed by atoms with Crippen molar-refractivity contribution < 1.29 is 13.2 Å². The number of benzene rings is 1. The van der Waals surface area contributed by atoms with E-state index >= 15 is 0 Å². The second-order valence-electron chi connectivity index (χ2n) is 6.91. The van der Waals surface area contributed by atoms with E-state index in [-0.39, 0.29) is 10.8 Å². The number of aryl methyl sites for hydroxylation is 3. The quantitative estimate of drug-likeness (QED) is 0.893. The Hall–Kier alpha value is -2.12. The van der Waals surface area contributed by atoms with Crippen LogP contribution in [0.5, 0.6) is 0 Å². The van der Waals surface area contributed by atoms with E-state index in [1.807, 2.05) is 32.0 Å². The first kappa shape index (κ1) is 18.7. The first-order chi connectivity index (χ1) is 12.3. The van der Waals surface area contributed by atoms with Gasteiger partial charge in [-0.25, -0.2) is 8.42 Å². The number of nitrogens with one attached hydrogen (secondary N) is 1. The van der Waals surface area contributed by atoms with Gasteiger partial charge in [-0.15, -0.1) is 0 Å². The van der Waals surface area contributed by atoms with Gasteiger partial charge >= 0.3 is 0 Å². The first-order valence-electron chi connectivity index (χ1n) is 8.84. The van der Waals surface area contributed by atoms with E-state index in [1.54, 1.807) is 11.6 Å². The molecule has 1 saturated heterocycles. The van der Waals surface area contributed by atoms with Gasteiger partial charge in [-0.2, -0.15) is 4.31 Å². The van der Waals surface area contributed by atoms with Gasteiger partial charge in [0.05, 0.1) is 0 Å². The average Bonchev–Trinajstić information content (AvgIpc) is 3.01. The molecule has 3 rings (SSSR count). The molecule has 140 valence electrons. The Bertz CT molecular complexity index is 926. The summed E-state index contributed by atoms with van der Waals surface area (Å²) < 4.78 is 28.7. The van der Waals surface area contributed by atoms with E-state index in [0.29, 0.717) is 18.8 Å². The zero-order valence-electron chi connectivity index (χ0n) is 15.4. The number of aromatic nitrogens is 1. The van der Waals surface area contributed by atoms with Crippen LogP contribution in [-0.4, -0.2) is 36.3 Å². The lowest BCUT2D eigenvalue weighted by Gasteiger charge is -2.25. The lowest BCUT2D eigenvalue weighted by Crippen LogP contribution is -2.35. The Labute approximate surface area is 154 Å². The van der Waals surface area contributed by atoms with E-state index < -0.39 is 10.0 Å². The van der Waals surface area contributed by atoms with Crippen molar-refractivity contribution in [2.45, 2.75) is 38.0 Å². The summed E-state index contributed by atoms with van der Waals surface area (Å²) in [6, 6.07) is 7.24. The van der Waals surface area contributed by atoms with Gasteiger partial charge in [0.1, 0.15) is 10.6 Å². The minimum absolute atomic E-state index is 0.174. The maximum Gasteiger partial charge on any atom is 0.272 e. The van der Waals surface area contributed by atoms with Crippen LogP contribution in [0.1, 0.15) is 40.9 Å². The van der Waals surface area contributed by atoms with Crippen molar-refractivity contribution in [1.29, 1.82) is 0 Å². The predicted octanol–water partition coefficient (Wildman–Crippen LogP) is 3.07. The number of anilines is 1. The van der Waals surface area contributed by atoms with Crippen molar-refractivity contribution in [2.24, 2.45) is 7.05 Å². The summed E-state index contributed by atoms with van der Waals surface area (Å²) in [7, 11) is -1.86. The number of hydrogen-bond donors (Lipinski definition) is 1. The molecule has 0 saturated carbocycles. The highest BCUT2D eigenvalue weighted by Crippen LogP contribution is 2.23. The molecule has 1 aromatic carbocycles. The van der Waals surface area contributed by atoms with Gasteiger partial charge in [0, 0.05) is 32.0 Å².